The molecule has 0 nitrogen and oxygen atoms in total. The molecular formula is C21H46P+. The monoisotopic (exact) mass is 329 g/mol. The summed E-state index contributed by atoms with van der Waals surface area (Å²) >= 11 is 0. The summed E-state index contributed by atoms with van der Waals surface area (Å²) in [6.07, 6.45) is 25.2. The van der Waals surface area contributed by atoms with Crippen molar-refractivity contribution in [2.45, 2.75) is 111 Å². The normalized spacial score (nSPS) is 12.0. The molecule has 0 aliphatic heterocycles. The molecule has 0 heterocycles. The maximum atomic E-state index is 2.70. The van der Waals surface area contributed by atoms with E-state index < -0.39 is 7.26 Å². The van der Waals surface area contributed by atoms with E-state index in [2.05, 4.69) is 27.4 Å². The predicted molar refractivity (Wildman–Crippen MR) is 109 cm³/mol. The molecule has 0 radical (unpaired) electrons. The van der Waals surface area contributed by atoms with Crippen LogP contribution in [0.5, 0.6) is 0 Å². The summed E-state index contributed by atoms with van der Waals surface area (Å²) in [6, 6.07) is 0. The molecule has 0 atom stereocenters. The van der Waals surface area contributed by atoms with Crippen molar-refractivity contribution in [3.05, 3.63) is 0 Å². The first kappa shape index (κ1) is 22.4. The average molecular weight is 330 g/mol. The van der Waals surface area contributed by atoms with Gasteiger partial charge < -0.3 is 0 Å². The van der Waals surface area contributed by atoms with Gasteiger partial charge in [-0.15, -0.1) is 0 Å². The summed E-state index contributed by atoms with van der Waals surface area (Å²) in [7, 11) is -0.597. The Morgan fingerprint density at radius 1 is 0.409 bits per heavy atom. The van der Waals surface area contributed by atoms with Crippen LogP contribution in [0.2, 0.25) is 0 Å². The van der Waals surface area contributed by atoms with Gasteiger partial charge in [-0.2, -0.15) is 0 Å². The molecule has 0 N–H and O–H groups in total. The van der Waals surface area contributed by atoms with E-state index in [-0.39, 0.29) is 0 Å². The van der Waals surface area contributed by atoms with E-state index in [0.29, 0.717) is 0 Å². The van der Waals surface area contributed by atoms with E-state index in [0.717, 1.165) is 0 Å². The van der Waals surface area contributed by atoms with Gasteiger partial charge in [0.2, 0.25) is 0 Å². The first-order chi connectivity index (χ1) is 10.7. The van der Waals surface area contributed by atoms with Crippen molar-refractivity contribution in [2.24, 2.45) is 0 Å². The molecule has 0 aromatic carbocycles. The van der Waals surface area contributed by atoms with Crippen molar-refractivity contribution in [3.8, 4) is 0 Å². The van der Waals surface area contributed by atoms with Gasteiger partial charge in [-0.3, -0.25) is 0 Å². The van der Waals surface area contributed by atoms with Gasteiger partial charge in [-0.05, 0) is 32.1 Å². The second-order valence-electron chi connectivity index (χ2n) is 7.68. The lowest BCUT2D eigenvalue weighted by Crippen LogP contribution is -2.07. The highest BCUT2D eigenvalue weighted by atomic mass is 31.2. The molecule has 0 aromatic rings. The Kier molecular flexibility index (Phi) is 16.6. The fraction of sp³-hybridized carbons (Fsp3) is 1.00. The van der Waals surface area contributed by atoms with Gasteiger partial charge in [-0.25, -0.2) is 0 Å². The Balaban J connectivity index is 3.84. The van der Waals surface area contributed by atoms with Crippen molar-refractivity contribution >= 4 is 7.26 Å². The highest BCUT2D eigenvalue weighted by Gasteiger charge is 2.29. The summed E-state index contributed by atoms with van der Waals surface area (Å²) < 4.78 is 0. The van der Waals surface area contributed by atoms with Gasteiger partial charge in [0.15, 0.2) is 0 Å². The molecule has 1 heteroatoms. The molecule has 134 valence electrons. The van der Waals surface area contributed by atoms with Gasteiger partial charge in [-0.1, -0.05) is 78.6 Å². The average Bonchev–Trinajstić information content (AvgIpc) is 2.52. The summed E-state index contributed by atoms with van der Waals surface area (Å²) in [4.78, 5) is 0. The minimum Gasteiger partial charge on any atom is -0.0654 e. The molecule has 0 bridgehead atoms. The van der Waals surface area contributed by atoms with Gasteiger partial charge in [0.25, 0.3) is 0 Å². The van der Waals surface area contributed by atoms with E-state index >= 15 is 0 Å². The van der Waals surface area contributed by atoms with E-state index in [9.17, 15) is 0 Å². The quantitative estimate of drug-likeness (QED) is 0.186. The Labute approximate surface area is 143 Å². The Hall–Kier alpha value is 0.430. The molecule has 0 saturated heterocycles. The SMILES string of the molecule is CCCCCCCC[P+](C)(CCCC)CCCCCCCC. The highest BCUT2D eigenvalue weighted by Crippen LogP contribution is 2.57. The molecule has 0 aliphatic rings. The smallest absolute Gasteiger partial charge is 0.0591 e. The van der Waals surface area contributed by atoms with Crippen LogP contribution < -0.4 is 0 Å². The molecule has 0 unspecified atom stereocenters. The van der Waals surface area contributed by atoms with Crippen LogP contribution in [0.4, 0.5) is 0 Å². The van der Waals surface area contributed by atoms with Crippen LogP contribution in [0, 0.1) is 0 Å². The third kappa shape index (κ3) is 14.0. The van der Waals surface area contributed by atoms with Crippen LogP contribution in [-0.4, -0.2) is 25.2 Å². The van der Waals surface area contributed by atoms with Gasteiger partial charge in [0, 0.05) is 13.9 Å². The largest absolute Gasteiger partial charge is 0.0654 e. The number of hydrogen-bond donors (Lipinski definition) is 0. The van der Waals surface area contributed by atoms with Crippen LogP contribution in [-0.2, 0) is 0 Å². The second-order valence-corrected chi connectivity index (χ2v) is 12.3. The van der Waals surface area contributed by atoms with E-state index in [1.165, 1.54) is 89.9 Å². The number of unbranched alkanes of at least 4 members (excludes halogenated alkanes) is 11. The first-order valence-corrected chi connectivity index (χ1v) is 13.3. The molecule has 0 amide bonds. The fourth-order valence-corrected chi connectivity index (χ4v) is 7.15. The van der Waals surface area contributed by atoms with Crippen LogP contribution in [0.25, 0.3) is 0 Å². The van der Waals surface area contributed by atoms with E-state index in [1.54, 1.807) is 18.5 Å². The molecule has 0 aromatic heterocycles. The Bertz CT molecular complexity index is 196. The third-order valence-electron chi connectivity index (χ3n) is 5.15. The highest BCUT2D eigenvalue weighted by molar-refractivity contribution is 7.75. The zero-order valence-corrected chi connectivity index (χ0v) is 17.4. The molecule has 0 spiro atoms. The second kappa shape index (κ2) is 16.3. The molecule has 22 heavy (non-hydrogen) atoms. The van der Waals surface area contributed by atoms with Crippen LogP contribution in [0.15, 0.2) is 0 Å². The van der Waals surface area contributed by atoms with Crippen LogP contribution in [0.1, 0.15) is 111 Å². The molecule has 0 aliphatic carbocycles. The van der Waals surface area contributed by atoms with Crippen molar-refractivity contribution in [1.82, 2.24) is 0 Å². The lowest BCUT2D eigenvalue weighted by atomic mass is 10.1. The minimum atomic E-state index is -0.597. The molecule has 0 rings (SSSR count). The Morgan fingerprint density at radius 2 is 0.727 bits per heavy atom. The Morgan fingerprint density at radius 3 is 1.14 bits per heavy atom. The van der Waals surface area contributed by atoms with Gasteiger partial charge >= 0.3 is 0 Å². The topological polar surface area (TPSA) is 0 Å². The lowest BCUT2D eigenvalue weighted by molar-refractivity contribution is 0.620. The molecular weight excluding hydrogens is 283 g/mol. The summed E-state index contributed by atoms with van der Waals surface area (Å²) in [6.45, 7) is 9.68. The van der Waals surface area contributed by atoms with Crippen molar-refractivity contribution in [2.75, 3.05) is 25.2 Å². The maximum Gasteiger partial charge on any atom is 0.0591 e. The number of hydrogen-bond acceptors (Lipinski definition) is 0. The van der Waals surface area contributed by atoms with Crippen molar-refractivity contribution in [1.29, 1.82) is 0 Å². The van der Waals surface area contributed by atoms with Crippen molar-refractivity contribution < 1.29 is 0 Å². The standard InChI is InChI=1S/C21H46P/c1-5-8-11-13-15-17-20-22(4,19-10-7-3)21-18-16-14-12-9-6-2/h5-21H2,1-4H3/q+1. The molecule has 0 fully saturated rings. The molecule has 0 saturated carbocycles. The third-order valence-corrected chi connectivity index (χ3v) is 9.34. The zero-order valence-electron chi connectivity index (χ0n) is 16.5. The van der Waals surface area contributed by atoms with Crippen LogP contribution in [0.3, 0.4) is 0 Å². The fourth-order valence-electron chi connectivity index (χ4n) is 3.42. The van der Waals surface area contributed by atoms with Gasteiger partial charge in [0.1, 0.15) is 0 Å². The summed E-state index contributed by atoms with van der Waals surface area (Å²) in [5.74, 6) is 0. The van der Waals surface area contributed by atoms with E-state index in [1.807, 2.05) is 0 Å². The minimum absolute atomic E-state index is 0.597. The maximum absolute atomic E-state index is 2.70. The van der Waals surface area contributed by atoms with E-state index in [4.69, 9.17) is 0 Å². The predicted octanol–water partition coefficient (Wildman–Crippen LogP) is 8.15. The van der Waals surface area contributed by atoms with Crippen molar-refractivity contribution in [3.63, 3.8) is 0 Å². The summed E-state index contributed by atoms with van der Waals surface area (Å²) in [5.41, 5.74) is 0. The van der Waals surface area contributed by atoms with Gasteiger partial charge in [0.05, 0.1) is 18.5 Å². The number of rotatable bonds is 17. The zero-order chi connectivity index (χ0) is 16.5. The first-order valence-electron chi connectivity index (χ1n) is 10.5. The van der Waals surface area contributed by atoms with Crippen LogP contribution >= 0.6 is 7.26 Å². The summed E-state index contributed by atoms with van der Waals surface area (Å²) in [5, 5.41) is 0. The lowest BCUT2D eigenvalue weighted by Gasteiger charge is -2.23.